The van der Waals surface area contributed by atoms with Gasteiger partial charge in [-0.05, 0) is 0 Å². The number of carbonyl (C=O) groups excluding carboxylic acids is 1. The molecule has 1 rings (SSSR count). The Bertz CT molecular complexity index is 458. The lowest BCUT2D eigenvalue weighted by molar-refractivity contribution is -0.142. The molecule has 0 radical (unpaired) electrons. The van der Waals surface area contributed by atoms with Crippen molar-refractivity contribution in [1.29, 1.82) is 5.26 Å². The molecule has 0 saturated heterocycles. The van der Waals surface area contributed by atoms with Crippen LogP contribution < -0.4 is 5.32 Å². The van der Waals surface area contributed by atoms with E-state index in [2.05, 4.69) is 10.4 Å². The molecule has 17 heavy (non-hydrogen) atoms. The lowest BCUT2D eigenvalue weighted by Crippen LogP contribution is -2.17. The summed E-state index contributed by atoms with van der Waals surface area (Å²) >= 11 is 0. The van der Waals surface area contributed by atoms with E-state index < -0.39 is 24.9 Å². The van der Waals surface area contributed by atoms with Gasteiger partial charge in [0.25, 0.3) is 0 Å². The molecule has 1 heterocycles. The van der Waals surface area contributed by atoms with Crippen LogP contribution in [0.5, 0.6) is 0 Å². The van der Waals surface area contributed by atoms with Crippen molar-refractivity contribution in [2.75, 3.05) is 5.32 Å². The van der Waals surface area contributed by atoms with Crippen LogP contribution in [0.2, 0.25) is 0 Å². The van der Waals surface area contributed by atoms with Crippen LogP contribution in [0.3, 0.4) is 0 Å². The minimum absolute atomic E-state index is 0.0258. The number of carbonyl (C=O) groups is 1. The summed E-state index contributed by atoms with van der Waals surface area (Å²) in [5.74, 6) is -0.848. The number of nitrogens with one attached hydrogen (secondary N) is 1. The minimum Gasteiger partial charge on any atom is -0.308 e. The van der Waals surface area contributed by atoms with Crippen LogP contribution in [0.25, 0.3) is 0 Å². The molecule has 0 fully saturated rings. The number of hydrogen-bond acceptors (Lipinski definition) is 3. The summed E-state index contributed by atoms with van der Waals surface area (Å²) in [4.78, 5) is 11.2. The topological polar surface area (TPSA) is 70.7 Å². The van der Waals surface area contributed by atoms with Crippen molar-refractivity contribution in [3.05, 3.63) is 11.8 Å². The number of nitriles is 1. The van der Waals surface area contributed by atoms with Crippen molar-refractivity contribution in [1.82, 2.24) is 9.78 Å². The van der Waals surface area contributed by atoms with Crippen LogP contribution in [-0.4, -0.2) is 21.9 Å². The second-order valence-electron chi connectivity index (χ2n) is 3.34. The van der Waals surface area contributed by atoms with Crippen LogP contribution in [-0.2, 0) is 11.8 Å². The summed E-state index contributed by atoms with van der Waals surface area (Å²) in [5.41, 5.74) is 0.104. The van der Waals surface area contributed by atoms with Crippen LogP contribution in [0.4, 0.5) is 19.0 Å². The molecule has 0 aromatic carbocycles. The van der Waals surface area contributed by atoms with E-state index in [-0.39, 0.29) is 11.4 Å². The molecule has 0 aliphatic heterocycles. The quantitative estimate of drug-likeness (QED) is 0.879. The summed E-state index contributed by atoms with van der Waals surface area (Å²) < 4.78 is 36.8. The summed E-state index contributed by atoms with van der Waals surface area (Å²) in [6, 6.07) is 1.77. The standard InChI is InChI=1S/C9H9F3N4O/c1-16-5-6(4-13)8(15-16)14-7(17)2-3-9(10,11)12/h5H,2-3H2,1H3,(H,14,15,17). The monoisotopic (exact) mass is 246 g/mol. The minimum atomic E-state index is -4.38. The lowest BCUT2D eigenvalue weighted by Gasteiger charge is -2.05. The second-order valence-corrected chi connectivity index (χ2v) is 3.34. The van der Waals surface area contributed by atoms with Gasteiger partial charge in [-0.2, -0.15) is 23.5 Å². The van der Waals surface area contributed by atoms with E-state index in [4.69, 9.17) is 5.26 Å². The Hall–Kier alpha value is -2.04. The van der Waals surface area contributed by atoms with E-state index in [1.807, 2.05) is 0 Å². The number of aromatic nitrogens is 2. The SMILES string of the molecule is Cn1cc(C#N)c(NC(=O)CCC(F)(F)F)n1. The number of nitrogens with zero attached hydrogens (tertiary/aromatic N) is 3. The summed E-state index contributed by atoms with van der Waals surface area (Å²) in [6.07, 6.45) is -4.91. The molecule has 0 spiro atoms. The molecule has 92 valence electrons. The van der Waals surface area contributed by atoms with Crippen molar-refractivity contribution in [3.8, 4) is 6.07 Å². The van der Waals surface area contributed by atoms with E-state index in [0.29, 0.717) is 0 Å². The number of alkyl halides is 3. The van der Waals surface area contributed by atoms with Crippen molar-refractivity contribution in [3.63, 3.8) is 0 Å². The predicted molar refractivity (Wildman–Crippen MR) is 51.8 cm³/mol. The highest BCUT2D eigenvalue weighted by Crippen LogP contribution is 2.21. The number of anilines is 1. The molecule has 1 N–H and O–H groups in total. The van der Waals surface area contributed by atoms with Gasteiger partial charge in [-0.1, -0.05) is 0 Å². The fraction of sp³-hybridized carbons (Fsp3) is 0.444. The van der Waals surface area contributed by atoms with Gasteiger partial charge in [-0.15, -0.1) is 0 Å². The zero-order valence-electron chi connectivity index (χ0n) is 8.88. The third kappa shape index (κ3) is 4.14. The molecule has 0 aliphatic carbocycles. The van der Waals surface area contributed by atoms with Gasteiger partial charge >= 0.3 is 6.18 Å². The average Bonchev–Trinajstić information content (AvgIpc) is 2.55. The molecule has 0 atom stereocenters. The fourth-order valence-electron chi connectivity index (χ4n) is 1.11. The third-order valence-corrected chi connectivity index (χ3v) is 1.84. The molecular formula is C9H9F3N4O. The number of rotatable bonds is 3. The summed E-state index contributed by atoms with van der Waals surface area (Å²) in [7, 11) is 1.53. The molecule has 1 amide bonds. The maximum atomic E-state index is 11.9. The largest absolute Gasteiger partial charge is 0.389 e. The van der Waals surface area contributed by atoms with Crippen molar-refractivity contribution in [2.24, 2.45) is 7.05 Å². The van der Waals surface area contributed by atoms with Gasteiger partial charge in [0.05, 0.1) is 6.42 Å². The van der Waals surface area contributed by atoms with E-state index in [9.17, 15) is 18.0 Å². The second kappa shape index (κ2) is 4.86. The third-order valence-electron chi connectivity index (χ3n) is 1.84. The lowest BCUT2D eigenvalue weighted by atomic mass is 10.3. The smallest absolute Gasteiger partial charge is 0.308 e. The number of hydrogen-bond donors (Lipinski definition) is 1. The number of aryl methyl sites for hydroxylation is 1. The van der Waals surface area contributed by atoms with Crippen molar-refractivity contribution >= 4 is 11.7 Å². The Kier molecular flexibility index (Phi) is 3.73. The van der Waals surface area contributed by atoms with Gasteiger partial charge < -0.3 is 5.32 Å². The van der Waals surface area contributed by atoms with Crippen LogP contribution in [0, 0.1) is 11.3 Å². The Morgan fingerprint density at radius 2 is 2.29 bits per heavy atom. The first-order chi connectivity index (χ1) is 7.81. The highest BCUT2D eigenvalue weighted by Gasteiger charge is 2.28. The van der Waals surface area contributed by atoms with Crippen LogP contribution in [0.1, 0.15) is 18.4 Å². The zero-order valence-corrected chi connectivity index (χ0v) is 8.88. The van der Waals surface area contributed by atoms with Crippen LogP contribution >= 0.6 is 0 Å². The van der Waals surface area contributed by atoms with Gasteiger partial charge in [0.2, 0.25) is 5.91 Å². The highest BCUT2D eigenvalue weighted by molar-refractivity contribution is 5.90. The van der Waals surface area contributed by atoms with E-state index in [1.54, 1.807) is 6.07 Å². The van der Waals surface area contributed by atoms with E-state index >= 15 is 0 Å². The zero-order chi connectivity index (χ0) is 13.1. The summed E-state index contributed by atoms with van der Waals surface area (Å²) in [6.45, 7) is 0. The van der Waals surface area contributed by atoms with Crippen molar-refractivity contribution < 1.29 is 18.0 Å². The molecule has 8 heteroatoms. The molecule has 1 aromatic heterocycles. The molecule has 0 bridgehead atoms. The Morgan fingerprint density at radius 3 is 2.82 bits per heavy atom. The molecular weight excluding hydrogens is 237 g/mol. The molecule has 0 saturated carbocycles. The molecule has 0 unspecified atom stereocenters. The van der Waals surface area contributed by atoms with Crippen molar-refractivity contribution in [2.45, 2.75) is 19.0 Å². The normalized spacial score (nSPS) is 11.0. The molecule has 5 nitrogen and oxygen atoms in total. The van der Waals surface area contributed by atoms with Gasteiger partial charge in [-0.25, -0.2) is 0 Å². The molecule has 0 aliphatic rings. The first-order valence-corrected chi connectivity index (χ1v) is 4.62. The number of amides is 1. The highest BCUT2D eigenvalue weighted by atomic mass is 19.4. The predicted octanol–water partition coefficient (Wildman–Crippen LogP) is 1.57. The van der Waals surface area contributed by atoms with Gasteiger partial charge in [-0.3, -0.25) is 9.48 Å². The van der Waals surface area contributed by atoms with E-state index in [1.165, 1.54) is 17.9 Å². The van der Waals surface area contributed by atoms with Crippen LogP contribution in [0.15, 0.2) is 6.20 Å². The average molecular weight is 246 g/mol. The summed E-state index contributed by atoms with van der Waals surface area (Å²) in [5, 5.41) is 14.6. The van der Waals surface area contributed by atoms with Gasteiger partial charge in [0, 0.05) is 19.7 Å². The Labute approximate surface area is 94.8 Å². The maximum Gasteiger partial charge on any atom is 0.389 e. The van der Waals surface area contributed by atoms with E-state index in [0.717, 1.165) is 0 Å². The Balaban J connectivity index is 2.60. The van der Waals surface area contributed by atoms with Gasteiger partial charge in [0.1, 0.15) is 11.6 Å². The van der Waals surface area contributed by atoms with Gasteiger partial charge in [0.15, 0.2) is 5.82 Å². The number of halogens is 3. The first kappa shape index (κ1) is 13.0. The Morgan fingerprint density at radius 1 is 1.65 bits per heavy atom. The first-order valence-electron chi connectivity index (χ1n) is 4.62. The molecule has 1 aromatic rings. The fourth-order valence-corrected chi connectivity index (χ4v) is 1.11. The maximum absolute atomic E-state index is 11.9.